The zero-order valence-corrected chi connectivity index (χ0v) is 22.1. The summed E-state index contributed by atoms with van der Waals surface area (Å²) in [6, 6.07) is 11.5. The maximum absolute atomic E-state index is 12.6. The van der Waals surface area contributed by atoms with Gasteiger partial charge in [-0.3, -0.25) is 20.5 Å². The zero-order valence-electron chi connectivity index (χ0n) is 20.5. The highest BCUT2D eigenvalue weighted by Crippen LogP contribution is 2.39. The number of hydrogen-bond donors (Lipinski definition) is 4. The summed E-state index contributed by atoms with van der Waals surface area (Å²) in [7, 11) is 1.72. The first-order valence-corrected chi connectivity index (χ1v) is 13.5. The molecule has 12 nitrogen and oxygen atoms in total. The molecule has 0 saturated heterocycles. The summed E-state index contributed by atoms with van der Waals surface area (Å²) in [4.78, 5) is 43.6. The van der Waals surface area contributed by atoms with E-state index in [1.54, 1.807) is 31.1 Å². The summed E-state index contributed by atoms with van der Waals surface area (Å²) in [5, 5.41) is 10.9. The molecule has 0 spiro atoms. The Morgan fingerprint density at radius 1 is 1.18 bits per heavy atom. The van der Waals surface area contributed by atoms with E-state index in [0.29, 0.717) is 34.5 Å². The van der Waals surface area contributed by atoms with E-state index in [4.69, 9.17) is 15.8 Å². The number of rotatable bonds is 7. The van der Waals surface area contributed by atoms with Crippen LogP contribution in [0.15, 0.2) is 53.9 Å². The van der Waals surface area contributed by atoms with Gasteiger partial charge in [-0.15, -0.1) is 23.1 Å². The summed E-state index contributed by atoms with van der Waals surface area (Å²) < 4.78 is 1.53. The van der Waals surface area contributed by atoms with Crippen LogP contribution in [0.3, 0.4) is 0 Å². The van der Waals surface area contributed by atoms with Crippen LogP contribution < -0.4 is 21.9 Å². The number of thiazole rings is 1. The highest BCUT2D eigenvalue weighted by molar-refractivity contribution is 8.14. The van der Waals surface area contributed by atoms with Gasteiger partial charge in [0, 0.05) is 36.7 Å². The van der Waals surface area contributed by atoms with Crippen LogP contribution in [-0.2, 0) is 7.05 Å². The van der Waals surface area contributed by atoms with Crippen molar-refractivity contribution in [3.8, 4) is 22.1 Å². The number of urea groups is 1. The number of thioether (sulfide) groups is 1. The van der Waals surface area contributed by atoms with Crippen LogP contribution in [0, 0.1) is 0 Å². The topological polar surface area (TPSA) is 165 Å². The highest BCUT2D eigenvalue weighted by atomic mass is 32.2. The Hall–Kier alpha value is -4.14. The summed E-state index contributed by atoms with van der Waals surface area (Å²) in [5.41, 5.74) is 5.06. The predicted octanol–water partition coefficient (Wildman–Crippen LogP) is 2.98. The van der Waals surface area contributed by atoms with E-state index in [9.17, 15) is 9.59 Å². The lowest BCUT2D eigenvalue weighted by atomic mass is 10.1. The SMILES string of the molecule is CCNC(=O)Nc1cc(C2=NC(c3ccccc3)CS2)c(-c2nc(-c3ncnn3C)c(C(=O)NN)s2)cn1. The predicted molar refractivity (Wildman–Crippen MR) is 148 cm³/mol. The average molecular weight is 549 g/mol. The number of amides is 3. The molecule has 0 saturated carbocycles. The summed E-state index contributed by atoms with van der Waals surface area (Å²) in [5.74, 6) is 6.52. The molecule has 4 aromatic rings. The maximum Gasteiger partial charge on any atom is 0.320 e. The number of pyridine rings is 1. The molecule has 1 aromatic carbocycles. The average Bonchev–Trinajstić information content (AvgIpc) is 3.68. The number of nitrogens with two attached hydrogens (primary N) is 1. The van der Waals surface area contributed by atoms with Gasteiger partial charge in [-0.05, 0) is 18.6 Å². The van der Waals surface area contributed by atoms with Gasteiger partial charge in [0.15, 0.2) is 5.82 Å². The number of benzene rings is 1. The Morgan fingerprint density at radius 2 is 2.00 bits per heavy atom. The lowest BCUT2D eigenvalue weighted by Crippen LogP contribution is -2.29. The van der Waals surface area contributed by atoms with E-state index < -0.39 is 5.91 Å². The number of hydrogen-bond acceptors (Lipinski definition) is 10. The van der Waals surface area contributed by atoms with Crippen molar-refractivity contribution in [3.05, 3.63) is 64.9 Å². The molecule has 14 heteroatoms. The number of carbonyl (C=O) groups is 2. The standard InChI is InChI=1S/C24H24N10O2S2/c1-3-26-24(36)31-17-9-14(22-30-16(11-37-22)13-7-5-4-6-8-13)15(10-27-17)23-32-18(19(38-23)21(35)33-25)20-28-12-29-34(20)2/h4-10,12,16H,3,11,25H2,1-2H3,(H,33,35)(H2,26,27,31,36). The van der Waals surface area contributed by atoms with Crippen molar-refractivity contribution in [2.24, 2.45) is 17.9 Å². The number of aromatic nitrogens is 5. The molecule has 3 amide bonds. The molecule has 38 heavy (non-hydrogen) atoms. The lowest BCUT2D eigenvalue weighted by Gasteiger charge is -2.10. The minimum absolute atomic E-state index is 0.0129. The number of anilines is 1. The van der Waals surface area contributed by atoms with E-state index in [0.717, 1.165) is 33.3 Å². The van der Waals surface area contributed by atoms with Gasteiger partial charge in [-0.25, -0.2) is 30.3 Å². The normalized spacial score (nSPS) is 14.7. The van der Waals surface area contributed by atoms with Gasteiger partial charge >= 0.3 is 6.03 Å². The fraction of sp³-hybridized carbons (Fsp3) is 0.208. The Morgan fingerprint density at radius 3 is 2.71 bits per heavy atom. The molecule has 194 valence electrons. The van der Waals surface area contributed by atoms with Crippen LogP contribution in [0.1, 0.15) is 33.8 Å². The van der Waals surface area contributed by atoms with Gasteiger partial charge in [0.2, 0.25) is 0 Å². The quantitative estimate of drug-likeness (QED) is 0.155. The van der Waals surface area contributed by atoms with E-state index >= 15 is 0 Å². The van der Waals surface area contributed by atoms with Crippen LogP contribution in [0.25, 0.3) is 22.1 Å². The van der Waals surface area contributed by atoms with Crippen molar-refractivity contribution in [1.29, 1.82) is 0 Å². The monoisotopic (exact) mass is 548 g/mol. The van der Waals surface area contributed by atoms with Gasteiger partial charge in [0.1, 0.15) is 27.7 Å². The molecule has 0 aliphatic carbocycles. The Kier molecular flexibility index (Phi) is 7.44. The number of aliphatic imine (C=N–C) groups is 1. The zero-order chi connectivity index (χ0) is 26.6. The fourth-order valence-corrected chi connectivity index (χ4v) is 5.97. The van der Waals surface area contributed by atoms with Gasteiger partial charge in [-0.1, -0.05) is 30.3 Å². The van der Waals surface area contributed by atoms with Crippen molar-refractivity contribution in [2.75, 3.05) is 17.6 Å². The third-order valence-electron chi connectivity index (χ3n) is 5.67. The molecular formula is C24H24N10O2S2. The molecule has 5 rings (SSSR count). The minimum Gasteiger partial charge on any atom is -0.338 e. The molecule has 3 aromatic heterocycles. The van der Waals surface area contributed by atoms with Gasteiger partial charge < -0.3 is 5.32 Å². The van der Waals surface area contributed by atoms with Crippen molar-refractivity contribution in [2.45, 2.75) is 13.0 Å². The number of nitrogens with zero attached hydrogens (tertiary/aromatic N) is 6. The fourth-order valence-electron chi connectivity index (χ4n) is 3.88. The minimum atomic E-state index is -0.493. The second-order valence-corrected chi connectivity index (χ2v) is 10.2. The Balaban J connectivity index is 1.62. The lowest BCUT2D eigenvalue weighted by molar-refractivity contribution is 0.0958. The van der Waals surface area contributed by atoms with Crippen LogP contribution in [-0.4, -0.2) is 54.0 Å². The smallest absolute Gasteiger partial charge is 0.320 e. The first-order valence-electron chi connectivity index (χ1n) is 11.7. The summed E-state index contributed by atoms with van der Waals surface area (Å²) >= 11 is 2.77. The van der Waals surface area contributed by atoms with E-state index in [-0.39, 0.29) is 17.0 Å². The second-order valence-electron chi connectivity index (χ2n) is 8.15. The summed E-state index contributed by atoms with van der Waals surface area (Å²) in [6.45, 7) is 2.31. The Bertz CT molecular complexity index is 1520. The largest absolute Gasteiger partial charge is 0.338 e. The number of nitrogens with one attached hydrogen (secondary N) is 3. The van der Waals surface area contributed by atoms with Crippen molar-refractivity contribution >= 4 is 45.9 Å². The Labute approximate surface area is 226 Å². The molecule has 0 radical (unpaired) electrons. The van der Waals surface area contributed by atoms with Crippen LogP contribution in [0.5, 0.6) is 0 Å². The van der Waals surface area contributed by atoms with Gasteiger partial charge in [0.05, 0.1) is 11.1 Å². The van der Waals surface area contributed by atoms with Crippen molar-refractivity contribution < 1.29 is 9.59 Å². The first-order chi connectivity index (χ1) is 18.5. The van der Waals surface area contributed by atoms with Crippen LogP contribution in [0.4, 0.5) is 10.6 Å². The first kappa shape index (κ1) is 25.5. The highest BCUT2D eigenvalue weighted by Gasteiger charge is 2.28. The molecule has 1 aliphatic heterocycles. The van der Waals surface area contributed by atoms with Crippen LogP contribution in [0.2, 0.25) is 0 Å². The summed E-state index contributed by atoms with van der Waals surface area (Å²) in [6.07, 6.45) is 3.01. The molecule has 1 atom stereocenters. The third-order valence-corrected chi connectivity index (χ3v) is 7.84. The molecule has 5 N–H and O–H groups in total. The molecule has 0 bridgehead atoms. The number of hydrazine groups is 1. The third kappa shape index (κ3) is 5.14. The van der Waals surface area contributed by atoms with Gasteiger partial charge in [0.25, 0.3) is 5.91 Å². The van der Waals surface area contributed by atoms with Crippen molar-refractivity contribution in [3.63, 3.8) is 0 Å². The van der Waals surface area contributed by atoms with E-state index in [1.165, 1.54) is 11.0 Å². The van der Waals surface area contributed by atoms with E-state index in [1.807, 2.05) is 25.1 Å². The maximum atomic E-state index is 12.6. The van der Waals surface area contributed by atoms with Gasteiger partial charge in [-0.2, -0.15) is 5.10 Å². The molecule has 4 heterocycles. The second kappa shape index (κ2) is 11.1. The van der Waals surface area contributed by atoms with Crippen LogP contribution >= 0.6 is 23.1 Å². The van der Waals surface area contributed by atoms with E-state index in [2.05, 4.69) is 43.3 Å². The molecule has 1 unspecified atom stereocenters. The van der Waals surface area contributed by atoms with Crippen molar-refractivity contribution in [1.82, 2.24) is 35.5 Å². The molecule has 0 fully saturated rings. The molecular weight excluding hydrogens is 524 g/mol. The number of carbonyl (C=O) groups excluding carboxylic acids is 2. The number of nitrogen functional groups attached to an aromatic ring is 1. The number of aryl methyl sites for hydroxylation is 1. The molecule has 1 aliphatic rings.